The van der Waals surface area contributed by atoms with Crippen molar-refractivity contribution in [2.24, 2.45) is 5.92 Å². The number of aromatic nitrogens is 2. The number of rotatable bonds is 5. The van der Waals surface area contributed by atoms with Crippen LogP contribution in [0.2, 0.25) is 0 Å². The number of methoxy groups -OCH3 is 1. The Balaban J connectivity index is 1.78. The zero-order valence-electron chi connectivity index (χ0n) is 10.2. The van der Waals surface area contributed by atoms with Crippen molar-refractivity contribution >= 4 is 5.91 Å². The van der Waals surface area contributed by atoms with Gasteiger partial charge in [0.25, 0.3) is 0 Å². The van der Waals surface area contributed by atoms with Gasteiger partial charge in [-0.15, -0.1) is 0 Å². The fourth-order valence-electron chi connectivity index (χ4n) is 2.15. The molecule has 0 saturated carbocycles. The van der Waals surface area contributed by atoms with E-state index in [-0.39, 0.29) is 11.8 Å². The molecule has 5 heteroatoms. The van der Waals surface area contributed by atoms with E-state index in [0.717, 1.165) is 31.6 Å². The zero-order valence-corrected chi connectivity index (χ0v) is 10.2. The lowest BCUT2D eigenvalue weighted by Gasteiger charge is -2.22. The van der Waals surface area contributed by atoms with Gasteiger partial charge in [-0.3, -0.25) is 4.79 Å². The van der Waals surface area contributed by atoms with E-state index in [0.29, 0.717) is 13.2 Å². The summed E-state index contributed by atoms with van der Waals surface area (Å²) in [6, 6.07) is 0. The van der Waals surface area contributed by atoms with Crippen molar-refractivity contribution in [2.45, 2.75) is 25.8 Å². The molecule has 17 heavy (non-hydrogen) atoms. The molecule has 1 aliphatic rings. The third-order valence-electron chi connectivity index (χ3n) is 3.14. The van der Waals surface area contributed by atoms with E-state index in [1.807, 2.05) is 6.20 Å². The average Bonchev–Trinajstić information content (AvgIpc) is 2.81. The molecule has 0 aromatic carbocycles. The Bertz CT molecular complexity index is 376. The quantitative estimate of drug-likeness (QED) is 0.763. The van der Waals surface area contributed by atoms with Gasteiger partial charge in [0.15, 0.2) is 0 Å². The van der Waals surface area contributed by atoms with Crippen LogP contribution in [0.4, 0.5) is 0 Å². The molecule has 1 aromatic heterocycles. The monoisotopic (exact) mass is 237 g/mol. The summed E-state index contributed by atoms with van der Waals surface area (Å²) < 4.78 is 7.06. The average molecular weight is 237 g/mol. The summed E-state index contributed by atoms with van der Waals surface area (Å²) in [4.78, 5) is 16.2. The van der Waals surface area contributed by atoms with Crippen LogP contribution in [0.3, 0.4) is 0 Å². The summed E-state index contributed by atoms with van der Waals surface area (Å²) >= 11 is 0. The SMILES string of the molecule is COCCCNC(=O)C1CCn2ccnc2C1. The van der Waals surface area contributed by atoms with Crippen molar-refractivity contribution in [3.63, 3.8) is 0 Å². The number of fused-ring (bicyclic) bond motifs is 1. The van der Waals surface area contributed by atoms with E-state index in [2.05, 4.69) is 14.9 Å². The van der Waals surface area contributed by atoms with Crippen molar-refractivity contribution in [1.29, 1.82) is 0 Å². The second kappa shape index (κ2) is 5.82. The molecule has 0 radical (unpaired) electrons. The molecule has 0 spiro atoms. The highest BCUT2D eigenvalue weighted by molar-refractivity contribution is 5.78. The van der Waals surface area contributed by atoms with Gasteiger partial charge in [0.05, 0.1) is 0 Å². The van der Waals surface area contributed by atoms with Gasteiger partial charge in [-0.2, -0.15) is 0 Å². The number of hydrogen-bond acceptors (Lipinski definition) is 3. The highest BCUT2D eigenvalue weighted by atomic mass is 16.5. The van der Waals surface area contributed by atoms with Gasteiger partial charge < -0.3 is 14.6 Å². The number of hydrogen-bond donors (Lipinski definition) is 1. The summed E-state index contributed by atoms with van der Waals surface area (Å²) in [5.41, 5.74) is 0. The van der Waals surface area contributed by atoms with E-state index in [9.17, 15) is 4.79 Å². The topological polar surface area (TPSA) is 56.1 Å². The zero-order chi connectivity index (χ0) is 12.1. The Morgan fingerprint density at radius 2 is 2.59 bits per heavy atom. The first kappa shape index (κ1) is 12.1. The number of ether oxygens (including phenoxy) is 1. The van der Waals surface area contributed by atoms with Crippen LogP contribution in [-0.2, 0) is 22.5 Å². The van der Waals surface area contributed by atoms with Gasteiger partial charge in [0, 0.05) is 51.5 Å². The molecule has 5 nitrogen and oxygen atoms in total. The number of carbonyl (C=O) groups is 1. The maximum atomic E-state index is 11.9. The molecule has 0 aliphatic carbocycles. The first-order valence-electron chi connectivity index (χ1n) is 6.08. The number of nitrogens with zero attached hydrogens (tertiary/aromatic N) is 2. The van der Waals surface area contributed by atoms with Gasteiger partial charge in [-0.1, -0.05) is 0 Å². The largest absolute Gasteiger partial charge is 0.385 e. The Hall–Kier alpha value is -1.36. The number of imidazole rings is 1. The molecule has 1 N–H and O–H groups in total. The number of amides is 1. The smallest absolute Gasteiger partial charge is 0.223 e. The van der Waals surface area contributed by atoms with Crippen molar-refractivity contribution in [1.82, 2.24) is 14.9 Å². The van der Waals surface area contributed by atoms with Gasteiger partial charge in [0.2, 0.25) is 5.91 Å². The molecule has 1 amide bonds. The fourth-order valence-corrected chi connectivity index (χ4v) is 2.15. The van der Waals surface area contributed by atoms with Gasteiger partial charge >= 0.3 is 0 Å². The third-order valence-corrected chi connectivity index (χ3v) is 3.14. The third kappa shape index (κ3) is 3.06. The normalized spacial score (nSPS) is 18.8. The maximum Gasteiger partial charge on any atom is 0.223 e. The van der Waals surface area contributed by atoms with Crippen LogP contribution in [0.15, 0.2) is 12.4 Å². The summed E-state index contributed by atoms with van der Waals surface area (Å²) in [6.45, 7) is 2.28. The van der Waals surface area contributed by atoms with Gasteiger partial charge in [-0.25, -0.2) is 4.98 Å². The molecule has 0 fully saturated rings. The molecule has 1 aromatic rings. The number of nitrogens with one attached hydrogen (secondary N) is 1. The van der Waals surface area contributed by atoms with Crippen LogP contribution >= 0.6 is 0 Å². The van der Waals surface area contributed by atoms with Crippen molar-refractivity contribution in [2.75, 3.05) is 20.3 Å². The van der Waals surface area contributed by atoms with Crippen LogP contribution in [-0.4, -0.2) is 35.7 Å². The van der Waals surface area contributed by atoms with Crippen LogP contribution in [0, 0.1) is 5.92 Å². The van der Waals surface area contributed by atoms with E-state index in [1.54, 1.807) is 13.3 Å². The lowest BCUT2D eigenvalue weighted by atomic mass is 9.97. The van der Waals surface area contributed by atoms with Crippen molar-refractivity contribution in [3.8, 4) is 0 Å². The Morgan fingerprint density at radius 1 is 1.71 bits per heavy atom. The molecule has 0 bridgehead atoms. The van der Waals surface area contributed by atoms with Crippen molar-refractivity contribution in [3.05, 3.63) is 18.2 Å². The lowest BCUT2D eigenvalue weighted by Crippen LogP contribution is -2.36. The number of carbonyl (C=O) groups excluding carboxylic acids is 1. The van der Waals surface area contributed by atoms with E-state index in [4.69, 9.17) is 4.74 Å². The summed E-state index contributed by atoms with van der Waals surface area (Å²) in [5, 5.41) is 2.95. The number of aryl methyl sites for hydroxylation is 1. The minimum Gasteiger partial charge on any atom is -0.385 e. The minimum atomic E-state index is 0.0763. The predicted octanol–water partition coefficient (Wildman–Crippen LogP) is 0.598. The first-order valence-corrected chi connectivity index (χ1v) is 6.08. The molecule has 2 rings (SSSR count). The summed E-state index contributed by atoms with van der Waals surface area (Å²) in [6.07, 6.45) is 6.29. The van der Waals surface area contributed by atoms with E-state index < -0.39 is 0 Å². The Morgan fingerprint density at radius 3 is 3.41 bits per heavy atom. The standard InChI is InChI=1S/C12H19N3O2/c1-17-8-2-4-14-12(16)10-3-6-15-7-5-13-11(15)9-10/h5,7,10H,2-4,6,8-9H2,1H3,(H,14,16). The van der Waals surface area contributed by atoms with Crippen LogP contribution < -0.4 is 5.32 Å². The molecule has 94 valence electrons. The summed E-state index contributed by atoms with van der Waals surface area (Å²) in [7, 11) is 1.67. The summed E-state index contributed by atoms with van der Waals surface area (Å²) in [5.74, 6) is 1.25. The van der Waals surface area contributed by atoms with E-state index in [1.165, 1.54) is 0 Å². The van der Waals surface area contributed by atoms with Crippen molar-refractivity contribution < 1.29 is 9.53 Å². The fraction of sp³-hybridized carbons (Fsp3) is 0.667. The molecule has 1 unspecified atom stereocenters. The predicted molar refractivity (Wildman–Crippen MR) is 63.5 cm³/mol. The second-order valence-corrected chi connectivity index (χ2v) is 4.36. The molecule has 2 heterocycles. The molecular weight excluding hydrogens is 218 g/mol. The highest BCUT2D eigenvalue weighted by Crippen LogP contribution is 2.18. The van der Waals surface area contributed by atoms with Gasteiger partial charge in [0.1, 0.15) is 5.82 Å². The highest BCUT2D eigenvalue weighted by Gasteiger charge is 2.24. The molecule has 1 aliphatic heterocycles. The minimum absolute atomic E-state index is 0.0763. The van der Waals surface area contributed by atoms with E-state index >= 15 is 0 Å². The Labute approximate surface area is 101 Å². The van der Waals surface area contributed by atoms with Crippen LogP contribution in [0.25, 0.3) is 0 Å². The molecular formula is C12H19N3O2. The van der Waals surface area contributed by atoms with Gasteiger partial charge in [-0.05, 0) is 12.8 Å². The first-order chi connectivity index (χ1) is 8.31. The lowest BCUT2D eigenvalue weighted by molar-refractivity contribution is -0.125. The Kier molecular flexibility index (Phi) is 4.14. The molecule has 1 atom stereocenters. The van der Waals surface area contributed by atoms with Crippen LogP contribution in [0.5, 0.6) is 0 Å². The molecule has 0 saturated heterocycles. The van der Waals surface area contributed by atoms with Crippen LogP contribution in [0.1, 0.15) is 18.7 Å². The maximum absolute atomic E-state index is 11.9. The second-order valence-electron chi connectivity index (χ2n) is 4.36.